The van der Waals surface area contributed by atoms with E-state index < -0.39 is 0 Å². The lowest BCUT2D eigenvalue weighted by atomic mass is 10.3. The van der Waals surface area contributed by atoms with Crippen LogP contribution in [0.3, 0.4) is 0 Å². The molecule has 0 bridgehead atoms. The van der Waals surface area contributed by atoms with E-state index in [4.69, 9.17) is 10.6 Å². The highest BCUT2D eigenvalue weighted by Crippen LogP contribution is 2.13. The van der Waals surface area contributed by atoms with Crippen molar-refractivity contribution < 1.29 is 4.74 Å². The molecule has 0 aliphatic heterocycles. The van der Waals surface area contributed by atoms with Gasteiger partial charge in [0.15, 0.2) is 0 Å². The maximum atomic E-state index is 5.29. The van der Waals surface area contributed by atoms with Gasteiger partial charge in [-0.3, -0.25) is 0 Å². The van der Waals surface area contributed by atoms with Crippen molar-refractivity contribution in [3.05, 3.63) is 11.9 Å². The third-order valence-corrected chi connectivity index (χ3v) is 1.66. The zero-order valence-corrected chi connectivity index (χ0v) is 8.58. The van der Waals surface area contributed by atoms with E-state index in [9.17, 15) is 0 Å². The van der Waals surface area contributed by atoms with Crippen LogP contribution in [0.15, 0.2) is 6.07 Å². The predicted octanol–water partition coefficient (Wildman–Crippen LogP) is 1.11. The second-order valence-electron chi connectivity index (χ2n) is 2.84. The van der Waals surface area contributed by atoms with Gasteiger partial charge in [0.25, 0.3) is 0 Å². The average Bonchev–Trinajstić information content (AvgIpc) is 2.18. The fourth-order valence-corrected chi connectivity index (χ4v) is 1.10. The lowest BCUT2D eigenvalue weighted by Gasteiger charge is -2.06. The zero-order valence-electron chi connectivity index (χ0n) is 8.58. The van der Waals surface area contributed by atoms with Gasteiger partial charge in [0.2, 0.25) is 5.88 Å². The molecule has 0 atom stereocenters. The van der Waals surface area contributed by atoms with Gasteiger partial charge in [-0.05, 0) is 13.3 Å². The fourth-order valence-electron chi connectivity index (χ4n) is 1.10. The van der Waals surface area contributed by atoms with Crippen LogP contribution in [0.4, 0.5) is 5.82 Å². The number of aromatic nitrogens is 2. The number of hydrogen-bond acceptors (Lipinski definition) is 5. The average molecular weight is 196 g/mol. The number of rotatable bonds is 5. The standard InChI is InChI=1S/C9H16N4O/c1-3-5-7-11-8(13-10)6-9(12-7)14-4-2/h6H,3-5,10H2,1-2H3,(H,11,12,13). The molecule has 0 aliphatic rings. The molecular weight excluding hydrogens is 180 g/mol. The Morgan fingerprint density at radius 3 is 2.79 bits per heavy atom. The van der Waals surface area contributed by atoms with Gasteiger partial charge >= 0.3 is 0 Å². The monoisotopic (exact) mass is 196 g/mol. The number of hydrazine groups is 1. The van der Waals surface area contributed by atoms with Crippen molar-refractivity contribution in [2.45, 2.75) is 26.7 Å². The number of ether oxygens (including phenoxy) is 1. The Morgan fingerprint density at radius 2 is 2.21 bits per heavy atom. The first-order chi connectivity index (χ1) is 6.80. The van der Waals surface area contributed by atoms with Gasteiger partial charge in [-0.15, -0.1) is 0 Å². The Morgan fingerprint density at radius 1 is 1.43 bits per heavy atom. The summed E-state index contributed by atoms with van der Waals surface area (Å²) >= 11 is 0. The van der Waals surface area contributed by atoms with Crippen LogP contribution >= 0.6 is 0 Å². The molecule has 0 fully saturated rings. The van der Waals surface area contributed by atoms with Gasteiger partial charge in [-0.2, -0.15) is 4.98 Å². The van der Waals surface area contributed by atoms with E-state index in [1.54, 1.807) is 6.07 Å². The maximum Gasteiger partial charge on any atom is 0.218 e. The van der Waals surface area contributed by atoms with Crippen LogP contribution in [0.5, 0.6) is 5.88 Å². The molecule has 1 aromatic heterocycles. The molecule has 1 heterocycles. The molecule has 5 nitrogen and oxygen atoms in total. The summed E-state index contributed by atoms with van der Waals surface area (Å²) in [4.78, 5) is 8.43. The first-order valence-electron chi connectivity index (χ1n) is 4.77. The van der Waals surface area contributed by atoms with Crippen molar-refractivity contribution >= 4 is 5.82 Å². The molecule has 78 valence electrons. The zero-order chi connectivity index (χ0) is 10.4. The van der Waals surface area contributed by atoms with E-state index in [0.29, 0.717) is 18.3 Å². The van der Waals surface area contributed by atoms with Crippen molar-refractivity contribution in [2.75, 3.05) is 12.0 Å². The first-order valence-corrected chi connectivity index (χ1v) is 4.77. The Bertz CT molecular complexity index is 266. The Balaban J connectivity index is 2.88. The minimum atomic E-state index is 0.568. The summed E-state index contributed by atoms with van der Waals surface area (Å²) in [6, 6.07) is 1.68. The Labute approximate surface area is 83.7 Å². The molecule has 0 spiro atoms. The lowest BCUT2D eigenvalue weighted by Crippen LogP contribution is -2.11. The van der Waals surface area contributed by atoms with E-state index in [0.717, 1.165) is 18.7 Å². The summed E-state index contributed by atoms with van der Waals surface area (Å²) in [7, 11) is 0. The third-order valence-electron chi connectivity index (χ3n) is 1.66. The van der Waals surface area contributed by atoms with Crippen LogP contribution in [0.2, 0.25) is 0 Å². The van der Waals surface area contributed by atoms with E-state index in [1.807, 2.05) is 6.92 Å². The number of nitrogens with two attached hydrogens (primary N) is 1. The molecule has 0 aromatic carbocycles. The van der Waals surface area contributed by atoms with E-state index in [1.165, 1.54) is 0 Å². The minimum absolute atomic E-state index is 0.568. The molecule has 0 radical (unpaired) electrons. The highest BCUT2D eigenvalue weighted by Gasteiger charge is 2.03. The quantitative estimate of drug-likeness (QED) is 0.545. The predicted molar refractivity (Wildman–Crippen MR) is 55.0 cm³/mol. The molecule has 1 rings (SSSR count). The summed E-state index contributed by atoms with van der Waals surface area (Å²) < 4.78 is 5.29. The molecule has 0 amide bonds. The molecule has 0 saturated carbocycles. The van der Waals surface area contributed by atoms with E-state index in [-0.39, 0.29) is 0 Å². The maximum absolute atomic E-state index is 5.29. The number of aryl methyl sites for hydroxylation is 1. The van der Waals surface area contributed by atoms with E-state index in [2.05, 4.69) is 22.3 Å². The van der Waals surface area contributed by atoms with Crippen molar-refractivity contribution in [3.8, 4) is 5.88 Å². The van der Waals surface area contributed by atoms with Crippen molar-refractivity contribution in [1.82, 2.24) is 9.97 Å². The number of anilines is 1. The smallest absolute Gasteiger partial charge is 0.218 e. The van der Waals surface area contributed by atoms with Crippen molar-refractivity contribution in [1.29, 1.82) is 0 Å². The highest BCUT2D eigenvalue weighted by atomic mass is 16.5. The molecule has 0 unspecified atom stereocenters. The third kappa shape index (κ3) is 2.85. The SMILES string of the molecule is CCCc1nc(NN)cc(OCC)n1. The van der Waals surface area contributed by atoms with Crippen LogP contribution in [0.1, 0.15) is 26.1 Å². The minimum Gasteiger partial charge on any atom is -0.478 e. The van der Waals surface area contributed by atoms with Crippen LogP contribution in [0, 0.1) is 0 Å². The van der Waals surface area contributed by atoms with Crippen LogP contribution in [-0.4, -0.2) is 16.6 Å². The summed E-state index contributed by atoms with van der Waals surface area (Å²) in [6.07, 6.45) is 1.83. The number of nitrogens with one attached hydrogen (secondary N) is 1. The molecule has 3 N–H and O–H groups in total. The van der Waals surface area contributed by atoms with Gasteiger partial charge in [0.1, 0.15) is 11.6 Å². The van der Waals surface area contributed by atoms with Crippen LogP contribution in [-0.2, 0) is 6.42 Å². The molecule has 0 saturated heterocycles. The van der Waals surface area contributed by atoms with Crippen molar-refractivity contribution in [3.63, 3.8) is 0 Å². The highest BCUT2D eigenvalue weighted by molar-refractivity contribution is 5.36. The van der Waals surface area contributed by atoms with Gasteiger partial charge in [0, 0.05) is 12.5 Å². The van der Waals surface area contributed by atoms with Gasteiger partial charge in [0.05, 0.1) is 6.61 Å². The van der Waals surface area contributed by atoms with Crippen molar-refractivity contribution in [2.24, 2.45) is 5.84 Å². The van der Waals surface area contributed by atoms with Gasteiger partial charge < -0.3 is 10.2 Å². The second kappa shape index (κ2) is 5.39. The summed E-state index contributed by atoms with van der Waals surface area (Å²) in [5.74, 6) is 7.20. The normalized spacial score (nSPS) is 9.93. The van der Waals surface area contributed by atoms with Crippen LogP contribution in [0.25, 0.3) is 0 Å². The van der Waals surface area contributed by atoms with Crippen LogP contribution < -0.4 is 16.0 Å². The number of nitrogen functional groups attached to an aromatic ring is 1. The van der Waals surface area contributed by atoms with Gasteiger partial charge in [-0.1, -0.05) is 6.92 Å². The summed E-state index contributed by atoms with van der Waals surface area (Å²) in [5.41, 5.74) is 2.49. The van der Waals surface area contributed by atoms with E-state index >= 15 is 0 Å². The largest absolute Gasteiger partial charge is 0.478 e. The fraction of sp³-hybridized carbons (Fsp3) is 0.556. The topological polar surface area (TPSA) is 73.1 Å². The number of hydrogen-bond donors (Lipinski definition) is 2. The molecule has 0 aliphatic carbocycles. The molecular formula is C9H16N4O. The summed E-state index contributed by atoms with van der Waals surface area (Å²) in [6.45, 7) is 4.58. The molecule has 14 heavy (non-hydrogen) atoms. The first kappa shape index (κ1) is 10.7. The number of nitrogens with zero attached hydrogens (tertiary/aromatic N) is 2. The Hall–Kier alpha value is -1.36. The molecule has 5 heteroatoms. The molecule has 1 aromatic rings. The second-order valence-corrected chi connectivity index (χ2v) is 2.84. The summed E-state index contributed by atoms with van der Waals surface area (Å²) in [5, 5.41) is 0. The van der Waals surface area contributed by atoms with Gasteiger partial charge in [-0.25, -0.2) is 10.8 Å². The Kier molecular flexibility index (Phi) is 4.12. The lowest BCUT2D eigenvalue weighted by molar-refractivity contribution is 0.325.